The molecule has 116 valence electrons. The third-order valence-electron chi connectivity index (χ3n) is 3.98. The van der Waals surface area contributed by atoms with Crippen molar-refractivity contribution in [2.24, 2.45) is 0 Å². The molecule has 0 aliphatic rings. The van der Waals surface area contributed by atoms with E-state index >= 15 is 0 Å². The van der Waals surface area contributed by atoms with Crippen molar-refractivity contribution >= 4 is 16.7 Å². The van der Waals surface area contributed by atoms with E-state index in [1.54, 1.807) is 12.5 Å². The molecule has 0 atom stereocenters. The molecule has 6 heteroatoms. The van der Waals surface area contributed by atoms with Crippen LogP contribution in [0.5, 0.6) is 0 Å². The van der Waals surface area contributed by atoms with Gasteiger partial charge in [0.1, 0.15) is 12.1 Å². The van der Waals surface area contributed by atoms with E-state index in [0.717, 1.165) is 52.3 Å². The SMILES string of the molecule is CCCc1cc(-n2ccnc2)n2nc3nc(C)cc(C)c3c2n1. The maximum absolute atomic E-state index is 4.84. The van der Waals surface area contributed by atoms with E-state index in [0.29, 0.717) is 0 Å². The quantitative estimate of drug-likeness (QED) is 0.583. The normalized spacial score (nSPS) is 11.6. The van der Waals surface area contributed by atoms with Gasteiger partial charge in [-0.3, -0.25) is 4.57 Å². The molecule has 0 saturated heterocycles. The Hall–Kier alpha value is -2.76. The highest BCUT2D eigenvalue weighted by atomic mass is 15.3. The number of aromatic nitrogens is 6. The third-order valence-corrected chi connectivity index (χ3v) is 3.98. The summed E-state index contributed by atoms with van der Waals surface area (Å²) in [7, 11) is 0. The first-order chi connectivity index (χ1) is 11.2. The van der Waals surface area contributed by atoms with Crippen LogP contribution in [-0.2, 0) is 6.42 Å². The summed E-state index contributed by atoms with van der Waals surface area (Å²) in [6, 6.07) is 4.15. The predicted molar refractivity (Wildman–Crippen MR) is 88.9 cm³/mol. The van der Waals surface area contributed by atoms with Crippen LogP contribution in [0, 0.1) is 13.8 Å². The molecule has 0 aliphatic heterocycles. The summed E-state index contributed by atoms with van der Waals surface area (Å²) in [6.07, 6.45) is 7.45. The van der Waals surface area contributed by atoms with Crippen LogP contribution in [0.15, 0.2) is 30.9 Å². The van der Waals surface area contributed by atoms with Gasteiger partial charge in [-0.05, 0) is 31.9 Å². The van der Waals surface area contributed by atoms with Gasteiger partial charge in [-0.1, -0.05) is 13.3 Å². The number of hydrogen-bond acceptors (Lipinski definition) is 4. The number of rotatable bonds is 3. The van der Waals surface area contributed by atoms with Crippen molar-refractivity contribution in [2.75, 3.05) is 0 Å². The first kappa shape index (κ1) is 13.9. The van der Waals surface area contributed by atoms with Gasteiger partial charge in [-0.15, -0.1) is 5.10 Å². The van der Waals surface area contributed by atoms with Crippen LogP contribution in [0.25, 0.3) is 22.5 Å². The summed E-state index contributed by atoms with van der Waals surface area (Å²) in [4.78, 5) is 13.6. The van der Waals surface area contributed by atoms with Crippen molar-refractivity contribution in [1.29, 1.82) is 0 Å². The molecular weight excluding hydrogens is 288 g/mol. The topological polar surface area (TPSA) is 60.9 Å². The van der Waals surface area contributed by atoms with Crippen LogP contribution in [0.3, 0.4) is 0 Å². The van der Waals surface area contributed by atoms with E-state index in [2.05, 4.69) is 41.0 Å². The average molecular weight is 306 g/mol. The molecule has 0 aliphatic carbocycles. The van der Waals surface area contributed by atoms with Crippen molar-refractivity contribution in [1.82, 2.24) is 29.1 Å². The van der Waals surface area contributed by atoms with E-state index in [4.69, 9.17) is 4.98 Å². The Kier molecular flexibility index (Phi) is 3.11. The fourth-order valence-electron chi connectivity index (χ4n) is 3.02. The van der Waals surface area contributed by atoms with Gasteiger partial charge >= 0.3 is 0 Å². The minimum Gasteiger partial charge on any atom is -0.290 e. The van der Waals surface area contributed by atoms with Crippen LogP contribution < -0.4 is 0 Å². The Balaban J connectivity index is 2.13. The lowest BCUT2D eigenvalue weighted by Gasteiger charge is -2.08. The summed E-state index contributed by atoms with van der Waals surface area (Å²) >= 11 is 0. The summed E-state index contributed by atoms with van der Waals surface area (Å²) in [5.41, 5.74) is 4.78. The molecule has 4 rings (SSSR count). The predicted octanol–water partition coefficient (Wildman–Crippen LogP) is 3.03. The zero-order valence-corrected chi connectivity index (χ0v) is 13.5. The standard InChI is InChI=1S/C17H18N6/c1-4-5-13-9-14(22-7-6-18-10-22)23-17(20-13)15-11(2)8-12(3)19-16(15)21-23/h6-10H,4-5H2,1-3H3. The fourth-order valence-corrected chi connectivity index (χ4v) is 3.02. The van der Waals surface area contributed by atoms with Crippen LogP contribution >= 0.6 is 0 Å². The smallest absolute Gasteiger partial charge is 0.184 e. The lowest BCUT2D eigenvalue weighted by Crippen LogP contribution is -2.05. The Morgan fingerprint density at radius 3 is 2.74 bits per heavy atom. The van der Waals surface area contributed by atoms with Gasteiger partial charge in [0.2, 0.25) is 0 Å². The average Bonchev–Trinajstić information content (AvgIpc) is 3.13. The van der Waals surface area contributed by atoms with E-state index in [1.165, 1.54) is 0 Å². The van der Waals surface area contributed by atoms with Crippen molar-refractivity contribution in [2.45, 2.75) is 33.6 Å². The van der Waals surface area contributed by atoms with Gasteiger partial charge in [0.15, 0.2) is 11.3 Å². The Morgan fingerprint density at radius 2 is 2.00 bits per heavy atom. The first-order valence-electron chi connectivity index (χ1n) is 7.82. The molecule has 4 aromatic heterocycles. The molecule has 0 N–H and O–H groups in total. The number of fused-ring (bicyclic) bond motifs is 3. The Labute approximate surface area is 133 Å². The maximum atomic E-state index is 4.84. The highest BCUT2D eigenvalue weighted by molar-refractivity contribution is 5.93. The first-order valence-corrected chi connectivity index (χ1v) is 7.82. The molecule has 0 amide bonds. The molecule has 0 saturated carbocycles. The fraction of sp³-hybridized carbons (Fsp3) is 0.294. The summed E-state index contributed by atoms with van der Waals surface area (Å²) in [5, 5.41) is 5.71. The molecule has 6 nitrogen and oxygen atoms in total. The molecule has 0 spiro atoms. The van der Waals surface area contributed by atoms with Gasteiger partial charge in [0, 0.05) is 29.8 Å². The second kappa shape index (κ2) is 5.15. The Morgan fingerprint density at radius 1 is 1.13 bits per heavy atom. The van der Waals surface area contributed by atoms with Crippen LogP contribution in [0.1, 0.15) is 30.3 Å². The lowest BCUT2D eigenvalue weighted by atomic mass is 10.2. The largest absolute Gasteiger partial charge is 0.290 e. The van der Waals surface area contributed by atoms with Crippen LogP contribution in [0.4, 0.5) is 0 Å². The van der Waals surface area contributed by atoms with E-state index in [-0.39, 0.29) is 0 Å². The molecule has 4 aromatic rings. The number of nitrogens with zero attached hydrogens (tertiary/aromatic N) is 6. The van der Waals surface area contributed by atoms with Crippen molar-refractivity contribution in [3.63, 3.8) is 0 Å². The number of aryl methyl sites for hydroxylation is 3. The van der Waals surface area contributed by atoms with Crippen molar-refractivity contribution in [3.8, 4) is 5.82 Å². The minimum absolute atomic E-state index is 0.741. The minimum atomic E-state index is 0.741. The van der Waals surface area contributed by atoms with Crippen LogP contribution in [0.2, 0.25) is 0 Å². The van der Waals surface area contributed by atoms with E-state index < -0.39 is 0 Å². The molecule has 0 radical (unpaired) electrons. The second-order valence-corrected chi connectivity index (χ2v) is 5.84. The molecule has 0 fully saturated rings. The summed E-state index contributed by atoms with van der Waals surface area (Å²) < 4.78 is 3.83. The van der Waals surface area contributed by atoms with Gasteiger partial charge in [0.05, 0.1) is 5.39 Å². The highest BCUT2D eigenvalue weighted by Gasteiger charge is 2.15. The molecular formula is C17H18N6. The summed E-state index contributed by atoms with van der Waals surface area (Å²) in [5.74, 6) is 0.936. The molecule has 0 aromatic carbocycles. The monoisotopic (exact) mass is 306 g/mol. The molecule has 4 heterocycles. The van der Waals surface area contributed by atoms with Crippen molar-refractivity contribution in [3.05, 3.63) is 47.8 Å². The zero-order chi connectivity index (χ0) is 16.0. The van der Waals surface area contributed by atoms with Gasteiger partial charge in [-0.25, -0.2) is 15.0 Å². The summed E-state index contributed by atoms with van der Waals surface area (Å²) in [6.45, 7) is 6.24. The number of hydrogen-bond donors (Lipinski definition) is 0. The highest BCUT2D eigenvalue weighted by Crippen LogP contribution is 2.24. The van der Waals surface area contributed by atoms with E-state index in [9.17, 15) is 0 Å². The van der Waals surface area contributed by atoms with Gasteiger partial charge < -0.3 is 0 Å². The zero-order valence-electron chi connectivity index (χ0n) is 13.5. The molecule has 0 unspecified atom stereocenters. The lowest BCUT2D eigenvalue weighted by molar-refractivity contribution is 0.822. The third kappa shape index (κ3) is 2.18. The van der Waals surface area contributed by atoms with Crippen LogP contribution in [-0.4, -0.2) is 29.1 Å². The molecule has 23 heavy (non-hydrogen) atoms. The Bertz CT molecular complexity index is 997. The number of imidazole rings is 1. The number of pyridine rings is 1. The molecule has 0 bridgehead atoms. The maximum Gasteiger partial charge on any atom is 0.184 e. The second-order valence-electron chi connectivity index (χ2n) is 5.84. The van der Waals surface area contributed by atoms with Crippen molar-refractivity contribution < 1.29 is 0 Å². The van der Waals surface area contributed by atoms with Gasteiger partial charge in [-0.2, -0.15) is 4.52 Å². The van der Waals surface area contributed by atoms with E-state index in [1.807, 2.05) is 22.2 Å². The van der Waals surface area contributed by atoms with Gasteiger partial charge in [0.25, 0.3) is 0 Å².